The molecule has 2 heterocycles. The Labute approximate surface area is 117 Å². The Hall–Kier alpha value is -2.15. The van der Waals surface area contributed by atoms with E-state index in [1.165, 1.54) is 0 Å². The highest BCUT2D eigenvalue weighted by Gasteiger charge is 2.13. The van der Waals surface area contributed by atoms with Crippen LogP contribution in [0.25, 0.3) is 11.5 Å². The normalized spacial score (nSPS) is 10.8. The molecule has 0 aliphatic carbocycles. The van der Waals surface area contributed by atoms with E-state index >= 15 is 0 Å². The van der Waals surface area contributed by atoms with Crippen molar-refractivity contribution < 1.29 is 4.52 Å². The second-order valence-corrected chi connectivity index (χ2v) is 4.93. The van der Waals surface area contributed by atoms with Gasteiger partial charge in [0.2, 0.25) is 0 Å². The van der Waals surface area contributed by atoms with Gasteiger partial charge in [0.15, 0.2) is 5.82 Å². The average Bonchev–Trinajstić information content (AvgIpc) is 3.01. The van der Waals surface area contributed by atoms with Crippen molar-refractivity contribution in [2.45, 2.75) is 6.42 Å². The first-order chi connectivity index (χ1) is 9.22. The summed E-state index contributed by atoms with van der Waals surface area (Å²) in [5, 5.41) is 10.4. The maximum atomic E-state index is 5.70. The third kappa shape index (κ3) is 2.50. The predicted octanol–water partition coefficient (Wildman–Crippen LogP) is 2.40. The van der Waals surface area contributed by atoms with Crippen LogP contribution in [0.1, 0.15) is 11.4 Å². The van der Waals surface area contributed by atoms with Crippen molar-refractivity contribution in [3.8, 4) is 11.5 Å². The van der Waals surface area contributed by atoms with E-state index in [-0.39, 0.29) is 0 Å². The fourth-order valence-corrected chi connectivity index (χ4v) is 1.95. The second-order valence-electron chi connectivity index (χ2n) is 4.02. The highest BCUT2D eigenvalue weighted by atomic mass is 79.9. The Bertz CT molecular complexity index is 688. The second kappa shape index (κ2) is 4.85. The van der Waals surface area contributed by atoms with Gasteiger partial charge >= 0.3 is 0 Å². The molecule has 1 aromatic carbocycles. The molecule has 6 nitrogen and oxygen atoms in total. The Morgan fingerprint density at radius 2 is 2.05 bits per heavy atom. The van der Waals surface area contributed by atoms with Gasteiger partial charge in [0.05, 0.1) is 6.20 Å². The highest BCUT2D eigenvalue weighted by molar-refractivity contribution is 9.10. The molecule has 0 saturated carbocycles. The number of nitrogen functional groups attached to an aromatic ring is 1. The molecule has 0 fully saturated rings. The third-order valence-electron chi connectivity index (χ3n) is 2.64. The number of hydrogen-bond acceptors (Lipinski definition) is 5. The maximum absolute atomic E-state index is 5.70. The van der Waals surface area contributed by atoms with E-state index < -0.39 is 0 Å². The molecule has 7 heteroatoms. The molecule has 96 valence electrons. The summed E-state index contributed by atoms with van der Waals surface area (Å²) in [5.41, 5.74) is 7.43. The topological polar surface area (TPSA) is 93.6 Å². The molecule has 0 atom stereocenters. The Balaban J connectivity index is 1.82. The van der Waals surface area contributed by atoms with Gasteiger partial charge in [-0.05, 0) is 17.7 Å². The number of halogens is 1. The van der Waals surface area contributed by atoms with Crippen molar-refractivity contribution in [2.24, 2.45) is 0 Å². The van der Waals surface area contributed by atoms with Gasteiger partial charge in [0.1, 0.15) is 11.4 Å². The number of nitrogens with two attached hydrogens (primary N) is 1. The van der Waals surface area contributed by atoms with Gasteiger partial charge in [-0.25, -0.2) is 0 Å². The molecule has 2 aromatic heterocycles. The summed E-state index contributed by atoms with van der Waals surface area (Å²) >= 11 is 3.40. The number of benzene rings is 1. The van der Waals surface area contributed by atoms with Gasteiger partial charge in [-0.1, -0.05) is 33.2 Å². The van der Waals surface area contributed by atoms with Gasteiger partial charge in [0.25, 0.3) is 5.89 Å². The lowest BCUT2D eigenvalue weighted by Crippen LogP contribution is -1.91. The van der Waals surface area contributed by atoms with Gasteiger partial charge in [-0.15, -0.1) is 0 Å². The van der Waals surface area contributed by atoms with E-state index in [0.717, 1.165) is 10.0 Å². The minimum atomic E-state index is 0.373. The smallest absolute Gasteiger partial charge is 0.263 e. The molecule has 0 spiro atoms. The zero-order valence-corrected chi connectivity index (χ0v) is 11.4. The lowest BCUT2D eigenvalue weighted by atomic mass is 10.1. The summed E-state index contributed by atoms with van der Waals surface area (Å²) in [6.45, 7) is 0. The van der Waals surface area contributed by atoms with Crippen LogP contribution in [0.15, 0.2) is 39.5 Å². The highest BCUT2D eigenvalue weighted by Crippen LogP contribution is 2.22. The van der Waals surface area contributed by atoms with E-state index in [1.54, 1.807) is 6.20 Å². The summed E-state index contributed by atoms with van der Waals surface area (Å²) in [6, 6.07) is 7.97. The molecule has 0 unspecified atom stereocenters. The molecule has 3 rings (SSSR count). The van der Waals surface area contributed by atoms with Gasteiger partial charge in [0, 0.05) is 10.9 Å². The Morgan fingerprint density at radius 1 is 1.26 bits per heavy atom. The van der Waals surface area contributed by atoms with Crippen LogP contribution in [0, 0.1) is 0 Å². The number of nitrogens with one attached hydrogen (secondary N) is 1. The maximum Gasteiger partial charge on any atom is 0.263 e. The van der Waals surface area contributed by atoms with E-state index in [1.807, 2.05) is 24.3 Å². The fourth-order valence-electron chi connectivity index (χ4n) is 1.69. The van der Waals surface area contributed by atoms with Crippen molar-refractivity contribution >= 4 is 21.7 Å². The van der Waals surface area contributed by atoms with Gasteiger partial charge in [-0.2, -0.15) is 10.1 Å². The van der Waals surface area contributed by atoms with E-state index in [2.05, 4.69) is 36.3 Å². The number of nitrogens with zero attached hydrogens (tertiary/aromatic N) is 3. The molecule has 0 bridgehead atoms. The number of aromatic nitrogens is 4. The summed E-state index contributed by atoms with van der Waals surface area (Å²) in [5.74, 6) is 1.40. The van der Waals surface area contributed by atoms with Crippen molar-refractivity contribution in [1.29, 1.82) is 0 Å². The first kappa shape index (κ1) is 11.9. The van der Waals surface area contributed by atoms with Crippen LogP contribution in [0.4, 0.5) is 5.82 Å². The molecule has 0 amide bonds. The van der Waals surface area contributed by atoms with Crippen LogP contribution < -0.4 is 5.73 Å². The largest absolute Gasteiger partial charge is 0.383 e. The summed E-state index contributed by atoms with van der Waals surface area (Å²) in [4.78, 5) is 4.30. The van der Waals surface area contributed by atoms with Crippen molar-refractivity contribution in [3.63, 3.8) is 0 Å². The number of rotatable bonds is 3. The van der Waals surface area contributed by atoms with E-state index in [4.69, 9.17) is 10.3 Å². The number of hydrogen-bond donors (Lipinski definition) is 2. The Morgan fingerprint density at radius 3 is 2.74 bits per heavy atom. The minimum absolute atomic E-state index is 0.373. The minimum Gasteiger partial charge on any atom is -0.383 e. The standard InChI is InChI=1S/C12H10BrN5O/c13-8-3-1-7(2-4-8)5-10-16-12(19-18-10)9-6-15-17-11(9)14/h1-4,6H,5H2,(H3,14,15,17). The zero-order valence-electron chi connectivity index (χ0n) is 9.80. The monoisotopic (exact) mass is 319 g/mol. The number of anilines is 1. The summed E-state index contributed by atoms with van der Waals surface area (Å²) in [7, 11) is 0. The molecule has 0 saturated heterocycles. The number of aromatic amines is 1. The van der Waals surface area contributed by atoms with Crippen molar-refractivity contribution in [3.05, 3.63) is 46.3 Å². The van der Waals surface area contributed by atoms with Crippen LogP contribution in [-0.4, -0.2) is 20.3 Å². The van der Waals surface area contributed by atoms with Gasteiger partial charge < -0.3 is 10.3 Å². The van der Waals surface area contributed by atoms with Crippen LogP contribution in [-0.2, 0) is 6.42 Å². The predicted molar refractivity (Wildman–Crippen MR) is 73.2 cm³/mol. The molecule has 3 aromatic rings. The van der Waals surface area contributed by atoms with Crippen LogP contribution >= 0.6 is 15.9 Å². The molecule has 19 heavy (non-hydrogen) atoms. The van der Waals surface area contributed by atoms with Crippen LogP contribution in [0.3, 0.4) is 0 Å². The lowest BCUT2D eigenvalue weighted by Gasteiger charge is -1.96. The average molecular weight is 320 g/mol. The lowest BCUT2D eigenvalue weighted by molar-refractivity contribution is 0.424. The fraction of sp³-hybridized carbons (Fsp3) is 0.0833. The quantitative estimate of drug-likeness (QED) is 0.773. The van der Waals surface area contributed by atoms with Crippen LogP contribution in [0.2, 0.25) is 0 Å². The van der Waals surface area contributed by atoms with Crippen molar-refractivity contribution in [1.82, 2.24) is 20.3 Å². The van der Waals surface area contributed by atoms with E-state index in [9.17, 15) is 0 Å². The molecule has 3 N–H and O–H groups in total. The van der Waals surface area contributed by atoms with Crippen LogP contribution in [0.5, 0.6) is 0 Å². The van der Waals surface area contributed by atoms with Gasteiger partial charge in [-0.3, -0.25) is 5.10 Å². The number of H-pyrrole nitrogens is 1. The molecule has 0 aliphatic rings. The molecule has 0 aliphatic heterocycles. The van der Waals surface area contributed by atoms with E-state index in [0.29, 0.717) is 29.5 Å². The first-order valence-electron chi connectivity index (χ1n) is 5.58. The SMILES string of the molecule is Nc1[nH]ncc1-c1nc(Cc2ccc(Br)cc2)no1. The third-order valence-corrected chi connectivity index (χ3v) is 3.17. The van der Waals surface area contributed by atoms with Crippen molar-refractivity contribution in [2.75, 3.05) is 5.73 Å². The molecular formula is C12H10BrN5O. The summed E-state index contributed by atoms with van der Waals surface area (Å²) in [6.07, 6.45) is 2.17. The molecular weight excluding hydrogens is 310 g/mol. The molecule has 0 radical (unpaired) electrons. The summed E-state index contributed by atoms with van der Waals surface area (Å²) < 4.78 is 6.21. The Kier molecular flexibility index (Phi) is 3.04. The first-order valence-corrected chi connectivity index (χ1v) is 6.38. The zero-order chi connectivity index (χ0) is 13.2.